The number of hydrogen-bond acceptors (Lipinski definition) is 6. The zero-order valence-corrected chi connectivity index (χ0v) is 19.6. The molecule has 2 aromatic rings. The molecule has 0 unspecified atom stereocenters. The summed E-state index contributed by atoms with van der Waals surface area (Å²) in [6.45, 7) is 8.63. The topological polar surface area (TPSA) is 101 Å². The smallest absolute Gasteiger partial charge is 0.225 e. The number of sulfonamides is 1. The lowest BCUT2D eigenvalue weighted by atomic mass is 9.92. The third-order valence-corrected chi connectivity index (χ3v) is 7.80. The molecule has 0 spiro atoms. The van der Waals surface area contributed by atoms with Crippen LogP contribution < -0.4 is 0 Å². The molecule has 9 nitrogen and oxygen atoms in total. The number of carbonyl (C=O) groups is 1. The molecule has 0 N–H and O–H groups in total. The Morgan fingerprint density at radius 2 is 1.65 bits per heavy atom. The molecule has 2 aliphatic heterocycles. The van der Waals surface area contributed by atoms with Crippen LogP contribution in [0.25, 0.3) is 5.65 Å². The monoisotopic (exact) mass is 448 g/mol. The predicted octanol–water partition coefficient (Wildman–Crippen LogP) is 1.80. The Hall–Kier alpha value is -2.07. The lowest BCUT2D eigenvalue weighted by Gasteiger charge is -2.36. The number of piperidine rings is 2. The van der Waals surface area contributed by atoms with Gasteiger partial charge in [-0.2, -0.15) is 9.61 Å². The van der Waals surface area contributed by atoms with Crippen LogP contribution in [0.2, 0.25) is 0 Å². The molecule has 2 aromatic heterocycles. The maximum Gasteiger partial charge on any atom is 0.225 e. The first kappa shape index (κ1) is 22.1. The van der Waals surface area contributed by atoms with Gasteiger partial charge in [0.2, 0.25) is 15.9 Å². The second-order valence-electron chi connectivity index (χ2n) is 9.83. The molecule has 2 fully saturated rings. The van der Waals surface area contributed by atoms with Crippen molar-refractivity contribution in [2.24, 2.45) is 5.92 Å². The van der Waals surface area contributed by atoms with Crippen LogP contribution in [0.5, 0.6) is 0 Å². The third-order valence-electron chi connectivity index (χ3n) is 6.50. The van der Waals surface area contributed by atoms with E-state index in [1.807, 2.05) is 21.5 Å². The minimum atomic E-state index is -3.18. The number of amides is 1. The number of aromatic nitrogens is 4. The van der Waals surface area contributed by atoms with Crippen molar-refractivity contribution in [1.82, 2.24) is 29.0 Å². The van der Waals surface area contributed by atoms with Gasteiger partial charge in [0.05, 0.1) is 11.9 Å². The first-order valence-corrected chi connectivity index (χ1v) is 12.9. The normalized spacial score (nSPS) is 20.5. The summed E-state index contributed by atoms with van der Waals surface area (Å²) in [4.78, 5) is 14.9. The number of likely N-dealkylation sites (tertiary alicyclic amines) is 1. The zero-order valence-electron chi connectivity index (χ0n) is 18.8. The molecule has 2 saturated heterocycles. The van der Waals surface area contributed by atoms with Crippen molar-refractivity contribution >= 4 is 21.6 Å². The molecule has 0 atom stereocenters. The van der Waals surface area contributed by atoms with Crippen LogP contribution in [0.1, 0.15) is 63.9 Å². The molecule has 10 heteroatoms. The lowest BCUT2D eigenvalue weighted by molar-refractivity contribution is -0.137. The number of fused-ring (bicyclic) bond motifs is 1. The lowest BCUT2D eigenvalue weighted by Crippen LogP contribution is -2.46. The highest BCUT2D eigenvalue weighted by atomic mass is 32.2. The molecule has 0 bridgehead atoms. The highest BCUT2D eigenvalue weighted by Crippen LogP contribution is 2.30. The van der Waals surface area contributed by atoms with E-state index in [1.54, 1.807) is 0 Å². The van der Waals surface area contributed by atoms with Gasteiger partial charge in [0.25, 0.3) is 0 Å². The second-order valence-corrected chi connectivity index (χ2v) is 11.8. The van der Waals surface area contributed by atoms with Gasteiger partial charge in [0.1, 0.15) is 0 Å². The van der Waals surface area contributed by atoms with Gasteiger partial charge in [0, 0.05) is 43.4 Å². The van der Waals surface area contributed by atoms with E-state index in [0.29, 0.717) is 39.0 Å². The van der Waals surface area contributed by atoms with Gasteiger partial charge >= 0.3 is 0 Å². The zero-order chi connectivity index (χ0) is 22.4. The Kier molecular flexibility index (Phi) is 5.80. The van der Waals surface area contributed by atoms with Gasteiger partial charge < -0.3 is 4.90 Å². The van der Waals surface area contributed by atoms with Gasteiger partial charge in [-0.1, -0.05) is 20.8 Å². The van der Waals surface area contributed by atoms with Crippen LogP contribution in [0.4, 0.5) is 0 Å². The molecule has 0 aromatic carbocycles. The van der Waals surface area contributed by atoms with E-state index < -0.39 is 10.0 Å². The summed E-state index contributed by atoms with van der Waals surface area (Å²) < 4.78 is 26.7. The van der Waals surface area contributed by atoms with E-state index in [-0.39, 0.29) is 23.2 Å². The SMILES string of the molecule is CC(C)(C)c1ccc2nnc(C3CCN(C(=O)C4CCN(S(C)(=O)=O)CC4)CC3)n2n1. The quantitative estimate of drug-likeness (QED) is 0.710. The minimum absolute atomic E-state index is 0.0573. The Bertz CT molecular complexity index is 1060. The van der Waals surface area contributed by atoms with Crippen LogP contribution in [-0.2, 0) is 20.2 Å². The van der Waals surface area contributed by atoms with Gasteiger partial charge in [-0.3, -0.25) is 4.79 Å². The van der Waals surface area contributed by atoms with Crippen LogP contribution >= 0.6 is 0 Å². The van der Waals surface area contributed by atoms with Gasteiger partial charge in [-0.25, -0.2) is 12.7 Å². The first-order chi connectivity index (χ1) is 14.5. The fourth-order valence-electron chi connectivity index (χ4n) is 4.51. The summed E-state index contributed by atoms with van der Waals surface area (Å²) in [5.41, 5.74) is 1.69. The maximum absolute atomic E-state index is 13.0. The molecule has 0 saturated carbocycles. The Morgan fingerprint density at radius 3 is 2.23 bits per heavy atom. The van der Waals surface area contributed by atoms with E-state index in [4.69, 9.17) is 5.10 Å². The molecule has 31 heavy (non-hydrogen) atoms. The number of rotatable bonds is 3. The van der Waals surface area contributed by atoms with E-state index in [0.717, 1.165) is 30.0 Å². The molecule has 0 aliphatic carbocycles. The molecule has 0 radical (unpaired) electrons. The fraction of sp³-hybridized carbons (Fsp3) is 0.714. The van der Waals surface area contributed by atoms with Crippen molar-refractivity contribution in [3.8, 4) is 0 Å². The highest BCUT2D eigenvalue weighted by Gasteiger charge is 2.34. The average molecular weight is 449 g/mol. The summed E-state index contributed by atoms with van der Waals surface area (Å²) in [6, 6.07) is 3.97. The Labute approximate surface area is 183 Å². The van der Waals surface area contributed by atoms with Crippen LogP contribution in [0.15, 0.2) is 12.1 Å². The van der Waals surface area contributed by atoms with E-state index in [9.17, 15) is 13.2 Å². The molecular formula is C21H32N6O3S. The second kappa shape index (κ2) is 8.12. The maximum atomic E-state index is 13.0. The number of hydrogen-bond donors (Lipinski definition) is 0. The largest absolute Gasteiger partial charge is 0.342 e. The van der Waals surface area contributed by atoms with Crippen LogP contribution in [0, 0.1) is 5.92 Å². The van der Waals surface area contributed by atoms with Crippen molar-refractivity contribution < 1.29 is 13.2 Å². The van der Waals surface area contributed by atoms with Gasteiger partial charge in [0.15, 0.2) is 11.5 Å². The third kappa shape index (κ3) is 4.59. The summed E-state index contributed by atoms with van der Waals surface area (Å²) in [5.74, 6) is 1.16. The molecule has 170 valence electrons. The minimum Gasteiger partial charge on any atom is -0.342 e. The predicted molar refractivity (Wildman–Crippen MR) is 117 cm³/mol. The molecule has 4 heterocycles. The van der Waals surface area contributed by atoms with E-state index in [2.05, 4.69) is 31.0 Å². The average Bonchev–Trinajstić information content (AvgIpc) is 3.15. The standard InChI is InChI=1S/C21H32N6O3S/c1-21(2,3)17-5-6-18-22-23-19(27(18)24-17)15-7-11-25(12-8-15)20(28)16-9-13-26(14-10-16)31(4,29)30/h5-6,15-16H,7-14H2,1-4H3. The summed E-state index contributed by atoms with van der Waals surface area (Å²) in [6.07, 6.45) is 4.08. The molecule has 1 amide bonds. The van der Waals surface area contributed by atoms with Gasteiger partial charge in [-0.05, 0) is 37.8 Å². The fourth-order valence-corrected chi connectivity index (χ4v) is 5.38. The first-order valence-electron chi connectivity index (χ1n) is 11.0. The molecular weight excluding hydrogens is 416 g/mol. The van der Waals surface area contributed by atoms with Crippen molar-refractivity contribution in [2.75, 3.05) is 32.4 Å². The van der Waals surface area contributed by atoms with Crippen LogP contribution in [0.3, 0.4) is 0 Å². The summed E-state index contributed by atoms with van der Waals surface area (Å²) in [5, 5.41) is 13.5. The van der Waals surface area contributed by atoms with Crippen molar-refractivity contribution in [3.05, 3.63) is 23.7 Å². The van der Waals surface area contributed by atoms with Crippen molar-refractivity contribution in [1.29, 1.82) is 0 Å². The summed E-state index contributed by atoms with van der Waals surface area (Å²) in [7, 11) is -3.18. The number of nitrogens with zero attached hydrogens (tertiary/aromatic N) is 6. The van der Waals surface area contributed by atoms with E-state index >= 15 is 0 Å². The van der Waals surface area contributed by atoms with Gasteiger partial charge in [-0.15, -0.1) is 10.2 Å². The molecule has 4 rings (SSSR count). The molecule has 2 aliphatic rings. The van der Waals surface area contributed by atoms with E-state index in [1.165, 1.54) is 10.6 Å². The highest BCUT2D eigenvalue weighted by molar-refractivity contribution is 7.88. The number of carbonyl (C=O) groups excluding carboxylic acids is 1. The Balaban J connectivity index is 1.39. The summed E-state index contributed by atoms with van der Waals surface area (Å²) >= 11 is 0. The van der Waals surface area contributed by atoms with Crippen molar-refractivity contribution in [3.63, 3.8) is 0 Å². The van der Waals surface area contributed by atoms with Crippen LogP contribution in [-0.4, -0.2) is 75.8 Å². The Morgan fingerprint density at radius 1 is 1.00 bits per heavy atom. The van der Waals surface area contributed by atoms with Crippen molar-refractivity contribution in [2.45, 2.75) is 57.8 Å².